The van der Waals surface area contributed by atoms with Gasteiger partial charge in [-0.3, -0.25) is 14.4 Å². The highest BCUT2D eigenvalue weighted by Crippen LogP contribution is 2.34. The van der Waals surface area contributed by atoms with E-state index in [1.54, 1.807) is 12.1 Å². The number of alkyl halides is 1. The van der Waals surface area contributed by atoms with E-state index in [0.717, 1.165) is 0 Å². The summed E-state index contributed by atoms with van der Waals surface area (Å²) in [7, 11) is 1.42. The lowest BCUT2D eigenvalue weighted by molar-refractivity contribution is -0.142. The number of carbonyl (C=O) groups is 3. The maximum absolute atomic E-state index is 14.2. The molecule has 1 aliphatic carbocycles. The summed E-state index contributed by atoms with van der Waals surface area (Å²) < 4.78 is 25.5. The van der Waals surface area contributed by atoms with Crippen LogP contribution in [-0.2, 0) is 9.59 Å². The third kappa shape index (κ3) is 5.45. The number of aromatic nitrogens is 1. The minimum Gasteiger partial charge on any atom is -0.496 e. The number of amides is 2. The van der Waals surface area contributed by atoms with Gasteiger partial charge < -0.3 is 25.6 Å². The summed E-state index contributed by atoms with van der Waals surface area (Å²) in [6, 6.07) is 2.68. The molecule has 37 heavy (non-hydrogen) atoms. The lowest BCUT2D eigenvalue weighted by atomic mass is 9.82. The summed E-state index contributed by atoms with van der Waals surface area (Å²) in [6.07, 6.45) is 2.98. The van der Waals surface area contributed by atoms with Crippen LogP contribution in [0.25, 0.3) is 10.8 Å². The van der Waals surface area contributed by atoms with E-state index in [2.05, 4.69) is 22.1 Å². The average Bonchev–Trinajstić information content (AvgIpc) is 3.17. The van der Waals surface area contributed by atoms with E-state index in [-0.39, 0.29) is 35.6 Å². The molecule has 196 valence electrons. The van der Waals surface area contributed by atoms with Crippen molar-refractivity contribution in [1.29, 1.82) is 0 Å². The van der Waals surface area contributed by atoms with Gasteiger partial charge in [0.1, 0.15) is 12.4 Å². The molecule has 1 saturated carbocycles. The number of carboxylic acids is 1. The predicted octanol–water partition coefficient (Wildman–Crippen LogP) is 2.83. The average molecular weight is 512 g/mol. The Bertz CT molecular complexity index is 1280. The highest BCUT2D eigenvalue weighted by molar-refractivity contribution is 6.03. The highest BCUT2D eigenvalue weighted by Gasteiger charge is 2.41. The molecule has 4 rings (SSSR count). The van der Waals surface area contributed by atoms with Crippen LogP contribution in [0.2, 0.25) is 0 Å². The van der Waals surface area contributed by atoms with Crippen molar-refractivity contribution in [3.63, 3.8) is 0 Å². The number of nitrogens with zero attached hydrogens (tertiary/aromatic N) is 1. The number of ether oxygens (including phenoxy) is 2. The molecule has 2 amide bonds. The molecular weight excluding hydrogens is 481 g/mol. The van der Waals surface area contributed by atoms with Crippen LogP contribution in [0.5, 0.6) is 11.6 Å². The van der Waals surface area contributed by atoms with Gasteiger partial charge >= 0.3 is 5.97 Å². The number of carbonyl (C=O) groups excluding carboxylic acids is 2. The second kappa shape index (κ2) is 11.0. The molecule has 9 nitrogen and oxygen atoms in total. The van der Waals surface area contributed by atoms with E-state index in [0.29, 0.717) is 48.4 Å². The molecule has 1 aliphatic heterocycles. The van der Waals surface area contributed by atoms with Gasteiger partial charge in [0.05, 0.1) is 30.2 Å². The van der Waals surface area contributed by atoms with Crippen molar-refractivity contribution in [2.45, 2.75) is 51.2 Å². The molecule has 10 heteroatoms. The number of nitrogens with two attached hydrogens (primary N) is 1. The molecule has 2 aromatic rings. The number of hydrogen-bond acceptors (Lipinski definition) is 6. The Morgan fingerprint density at radius 2 is 1.97 bits per heavy atom. The maximum atomic E-state index is 14.2. The SMILES string of the molecule is CC[C@@H]1[C@H](F)C(=O)N[C@@H]1COc1ncc(C#CC2CCC(C(=O)O)CC2)c2cc(C(N)=O)c(OC)cc12. The molecule has 2 fully saturated rings. The van der Waals surface area contributed by atoms with Crippen LogP contribution in [0.15, 0.2) is 18.3 Å². The lowest BCUT2D eigenvalue weighted by Gasteiger charge is -2.22. The second-order valence-corrected chi connectivity index (χ2v) is 9.50. The molecule has 0 bridgehead atoms. The molecule has 3 atom stereocenters. The van der Waals surface area contributed by atoms with Gasteiger partial charge in [0.2, 0.25) is 5.88 Å². The molecule has 2 aliphatic rings. The van der Waals surface area contributed by atoms with Gasteiger partial charge in [0.25, 0.3) is 11.8 Å². The summed E-state index contributed by atoms with van der Waals surface area (Å²) in [5, 5.41) is 13.0. The van der Waals surface area contributed by atoms with Crippen molar-refractivity contribution in [2.75, 3.05) is 13.7 Å². The number of pyridine rings is 1. The Labute approximate surface area is 213 Å². The summed E-state index contributed by atoms with van der Waals surface area (Å²) in [6.45, 7) is 1.83. The largest absolute Gasteiger partial charge is 0.496 e. The number of primary amides is 1. The Morgan fingerprint density at radius 1 is 1.24 bits per heavy atom. The van der Waals surface area contributed by atoms with Gasteiger partial charge in [-0.2, -0.15) is 0 Å². The first kappa shape index (κ1) is 26.2. The molecule has 1 aromatic heterocycles. The minimum absolute atomic E-state index is 0.0183. The minimum atomic E-state index is -1.58. The van der Waals surface area contributed by atoms with E-state index in [4.69, 9.17) is 15.2 Å². The summed E-state index contributed by atoms with van der Waals surface area (Å²) >= 11 is 0. The topological polar surface area (TPSA) is 141 Å². The smallest absolute Gasteiger partial charge is 0.306 e. The van der Waals surface area contributed by atoms with E-state index in [1.807, 2.05) is 6.92 Å². The zero-order valence-corrected chi connectivity index (χ0v) is 20.8. The molecule has 0 spiro atoms. The van der Waals surface area contributed by atoms with Gasteiger partial charge in [0, 0.05) is 28.8 Å². The first-order chi connectivity index (χ1) is 17.7. The molecule has 1 saturated heterocycles. The van der Waals surface area contributed by atoms with E-state index >= 15 is 0 Å². The van der Waals surface area contributed by atoms with Gasteiger partial charge in [-0.15, -0.1) is 0 Å². The summed E-state index contributed by atoms with van der Waals surface area (Å²) in [5.74, 6) is 3.98. The van der Waals surface area contributed by atoms with Crippen molar-refractivity contribution in [2.24, 2.45) is 23.5 Å². The number of fused-ring (bicyclic) bond motifs is 1. The number of carboxylic acid groups (broad SMARTS) is 1. The number of halogens is 1. The number of hydrogen-bond donors (Lipinski definition) is 3. The van der Waals surface area contributed by atoms with Crippen LogP contribution in [0.3, 0.4) is 0 Å². The molecule has 0 unspecified atom stereocenters. The first-order valence-electron chi connectivity index (χ1n) is 12.4. The second-order valence-electron chi connectivity index (χ2n) is 9.50. The van der Waals surface area contributed by atoms with Crippen LogP contribution in [0.4, 0.5) is 4.39 Å². The molecule has 0 radical (unpaired) electrons. The van der Waals surface area contributed by atoms with Crippen LogP contribution in [-0.4, -0.2) is 53.8 Å². The van der Waals surface area contributed by atoms with Gasteiger partial charge in [0.15, 0.2) is 6.17 Å². The Kier molecular flexibility index (Phi) is 7.81. The fourth-order valence-electron chi connectivity index (χ4n) is 5.08. The van der Waals surface area contributed by atoms with Crippen molar-refractivity contribution in [1.82, 2.24) is 10.3 Å². The molecule has 1 aromatic carbocycles. The third-order valence-electron chi connectivity index (χ3n) is 7.27. The van der Waals surface area contributed by atoms with Gasteiger partial charge in [-0.1, -0.05) is 18.8 Å². The van der Waals surface area contributed by atoms with Crippen LogP contribution in [0, 0.1) is 29.6 Å². The van der Waals surface area contributed by atoms with E-state index in [9.17, 15) is 23.9 Å². The van der Waals surface area contributed by atoms with Gasteiger partial charge in [-0.25, -0.2) is 9.37 Å². The Hall–Kier alpha value is -3.87. The van der Waals surface area contributed by atoms with Crippen LogP contribution < -0.4 is 20.5 Å². The van der Waals surface area contributed by atoms with Crippen molar-refractivity contribution < 1.29 is 33.4 Å². The van der Waals surface area contributed by atoms with E-state index < -0.39 is 35.9 Å². The van der Waals surface area contributed by atoms with Crippen molar-refractivity contribution in [3.05, 3.63) is 29.5 Å². The lowest BCUT2D eigenvalue weighted by Crippen LogP contribution is -2.34. The first-order valence-corrected chi connectivity index (χ1v) is 12.4. The molecule has 4 N–H and O–H groups in total. The normalized spacial score (nSPS) is 25.2. The van der Waals surface area contributed by atoms with Gasteiger partial charge in [-0.05, 0) is 44.2 Å². The third-order valence-corrected chi connectivity index (χ3v) is 7.27. The Balaban J connectivity index is 1.66. The zero-order chi connectivity index (χ0) is 26.7. The van der Waals surface area contributed by atoms with E-state index in [1.165, 1.54) is 13.3 Å². The standard InChI is InChI=1S/C27H30FN3O6/c1-3-17-21(31-25(33)23(17)28)13-37-26-19-11-22(36-2)20(24(29)32)10-18(19)16(12-30-26)9-6-14-4-7-15(8-5-14)27(34)35/h10-12,14-15,17,21,23H,3-5,7-8,13H2,1-2H3,(H2,29,32)(H,31,33)(H,34,35)/t14?,15?,17-,21+,23-/m0/s1. The quantitative estimate of drug-likeness (QED) is 0.486. The fourth-order valence-corrected chi connectivity index (χ4v) is 5.08. The molecule has 2 heterocycles. The number of nitrogens with one attached hydrogen (secondary N) is 1. The van der Waals surface area contributed by atoms with Crippen molar-refractivity contribution in [3.8, 4) is 23.5 Å². The predicted molar refractivity (Wildman–Crippen MR) is 133 cm³/mol. The Morgan fingerprint density at radius 3 is 2.59 bits per heavy atom. The summed E-state index contributed by atoms with van der Waals surface area (Å²) in [5.41, 5.74) is 6.30. The summed E-state index contributed by atoms with van der Waals surface area (Å²) in [4.78, 5) is 39.5. The molecular formula is C27H30FN3O6. The van der Waals surface area contributed by atoms with Crippen LogP contribution >= 0.6 is 0 Å². The highest BCUT2D eigenvalue weighted by atomic mass is 19.1. The van der Waals surface area contributed by atoms with Crippen molar-refractivity contribution >= 4 is 28.6 Å². The number of aliphatic carboxylic acids is 1. The number of methoxy groups -OCH3 is 1. The fraction of sp³-hybridized carbons (Fsp3) is 0.481. The van der Waals surface area contributed by atoms with Crippen LogP contribution in [0.1, 0.15) is 54.9 Å². The number of rotatable bonds is 7. The maximum Gasteiger partial charge on any atom is 0.306 e. The monoisotopic (exact) mass is 511 g/mol. The number of benzene rings is 1. The zero-order valence-electron chi connectivity index (χ0n) is 20.8.